The second-order valence-electron chi connectivity index (χ2n) is 4.28. The number of nitrogens with one attached hydrogen (secondary N) is 1. The molecular formula is C11H14ClN3O5S. The third-order valence-corrected chi connectivity index (χ3v) is 4.76. The lowest BCUT2D eigenvalue weighted by molar-refractivity contribution is -0.384. The number of nitrogens with zero attached hydrogens (tertiary/aromatic N) is 2. The lowest BCUT2D eigenvalue weighted by atomic mass is 10.2. The van der Waals surface area contributed by atoms with Crippen molar-refractivity contribution in [3.8, 4) is 0 Å². The van der Waals surface area contributed by atoms with E-state index in [1.165, 1.54) is 20.2 Å². The number of nitro groups is 1. The molecule has 0 saturated heterocycles. The summed E-state index contributed by atoms with van der Waals surface area (Å²) >= 11 is 5.80. The Labute approximate surface area is 126 Å². The van der Waals surface area contributed by atoms with E-state index in [9.17, 15) is 23.3 Å². The molecule has 1 N–H and O–H groups in total. The van der Waals surface area contributed by atoms with Crippen molar-refractivity contribution < 1.29 is 18.1 Å². The lowest BCUT2D eigenvalue weighted by Gasteiger charge is -2.11. The number of hydrogen-bond donors (Lipinski definition) is 1. The van der Waals surface area contributed by atoms with Gasteiger partial charge < -0.3 is 5.32 Å². The van der Waals surface area contributed by atoms with E-state index in [0.29, 0.717) is 0 Å². The average molecular weight is 336 g/mol. The average Bonchev–Trinajstić information content (AvgIpc) is 2.37. The molecule has 8 nitrogen and oxygen atoms in total. The van der Waals surface area contributed by atoms with Crippen molar-refractivity contribution in [2.24, 2.45) is 0 Å². The standard InChI is InChI=1S/C11H14ClN3O5S/c1-14(2)21(19,20)6-5-13-11(16)9-4-3-8(15(17)18)7-10(9)12/h3-4,7H,5-6H2,1-2H3,(H,13,16). The molecular weight excluding hydrogens is 322 g/mol. The first kappa shape index (κ1) is 17.3. The maximum Gasteiger partial charge on any atom is 0.270 e. The molecule has 0 bridgehead atoms. The summed E-state index contributed by atoms with van der Waals surface area (Å²) in [5, 5.41) is 12.9. The van der Waals surface area contributed by atoms with E-state index in [2.05, 4.69) is 5.32 Å². The highest BCUT2D eigenvalue weighted by molar-refractivity contribution is 7.89. The molecule has 0 heterocycles. The highest BCUT2D eigenvalue weighted by atomic mass is 35.5. The van der Waals surface area contributed by atoms with Crippen LogP contribution in [0.3, 0.4) is 0 Å². The minimum absolute atomic E-state index is 0.0458. The topological polar surface area (TPSA) is 110 Å². The first-order chi connectivity index (χ1) is 9.65. The van der Waals surface area contributed by atoms with Gasteiger partial charge in [0.15, 0.2) is 0 Å². The fraction of sp³-hybridized carbons (Fsp3) is 0.364. The summed E-state index contributed by atoms with van der Waals surface area (Å²) in [5.41, 5.74) is -0.184. The van der Waals surface area contributed by atoms with Gasteiger partial charge in [0.05, 0.1) is 21.3 Å². The third kappa shape index (κ3) is 4.66. The molecule has 1 rings (SSSR count). The molecule has 0 saturated carbocycles. The second kappa shape index (κ2) is 6.83. The number of carbonyl (C=O) groups excluding carboxylic acids is 1. The summed E-state index contributed by atoms with van der Waals surface area (Å²) in [6.45, 7) is -0.0906. The molecule has 0 aliphatic carbocycles. The summed E-state index contributed by atoms with van der Waals surface area (Å²) in [6, 6.07) is 3.43. The maximum atomic E-state index is 11.8. The molecule has 116 valence electrons. The Kier molecular flexibility index (Phi) is 5.64. The summed E-state index contributed by atoms with van der Waals surface area (Å²) in [6.07, 6.45) is 0. The Balaban J connectivity index is 2.71. The molecule has 1 aromatic rings. The molecule has 1 amide bonds. The van der Waals surface area contributed by atoms with E-state index in [4.69, 9.17) is 11.6 Å². The van der Waals surface area contributed by atoms with Crippen LogP contribution in [0.5, 0.6) is 0 Å². The van der Waals surface area contributed by atoms with Crippen molar-refractivity contribution in [1.29, 1.82) is 0 Å². The number of non-ortho nitro benzene ring substituents is 1. The molecule has 10 heteroatoms. The van der Waals surface area contributed by atoms with Crippen LogP contribution in [0.15, 0.2) is 18.2 Å². The van der Waals surface area contributed by atoms with Gasteiger partial charge in [-0.25, -0.2) is 12.7 Å². The zero-order valence-corrected chi connectivity index (χ0v) is 12.9. The van der Waals surface area contributed by atoms with Crippen molar-refractivity contribution in [2.45, 2.75) is 0 Å². The molecule has 0 radical (unpaired) electrons. The summed E-state index contributed by atoms with van der Waals surface area (Å²) in [7, 11) is -0.621. The number of rotatable bonds is 6. The third-order valence-electron chi connectivity index (χ3n) is 2.61. The van der Waals surface area contributed by atoms with Crippen LogP contribution in [0, 0.1) is 10.1 Å². The van der Waals surface area contributed by atoms with E-state index in [0.717, 1.165) is 16.4 Å². The molecule has 0 spiro atoms. The molecule has 1 aromatic carbocycles. The first-order valence-corrected chi connectivity index (χ1v) is 7.76. The number of benzene rings is 1. The SMILES string of the molecule is CN(C)S(=O)(=O)CCNC(=O)c1ccc([N+](=O)[O-])cc1Cl. The smallest absolute Gasteiger partial charge is 0.270 e. The van der Waals surface area contributed by atoms with E-state index in [1.807, 2.05) is 0 Å². The van der Waals surface area contributed by atoms with Crippen LogP contribution in [0.25, 0.3) is 0 Å². The number of nitro benzene ring substituents is 1. The van der Waals surface area contributed by atoms with Crippen LogP contribution in [0.1, 0.15) is 10.4 Å². The summed E-state index contributed by atoms with van der Waals surface area (Å²) in [4.78, 5) is 21.8. The van der Waals surface area contributed by atoms with Gasteiger partial charge in [-0.15, -0.1) is 0 Å². The van der Waals surface area contributed by atoms with Gasteiger partial charge in [-0.05, 0) is 6.07 Å². The molecule has 0 aromatic heterocycles. The normalized spacial score (nSPS) is 11.4. The minimum Gasteiger partial charge on any atom is -0.351 e. The number of carbonyl (C=O) groups is 1. The second-order valence-corrected chi connectivity index (χ2v) is 6.99. The van der Waals surface area contributed by atoms with Crippen molar-refractivity contribution in [1.82, 2.24) is 9.62 Å². The van der Waals surface area contributed by atoms with Crippen LogP contribution in [-0.4, -0.2) is 49.9 Å². The van der Waals surface area contributed by atoms with Gasteiger partial charge in [0.2, 0.25) is 10.0 Å². The first-order valence-electron chi connectivity index (χ1n) is 5.77. The number of sulfonamides is 1. The van der Waals surface area contributed by atoms with Crippen LogP contribution in [0.2, 0.25) is 5.02 Å². The van der Waals surface area contributed by atoms with E-state index in [-0.39, 0.29) is 28.6 Å². The fourth-order valence-corrected chi connectivity index (χ4v) is 2.36. The molecule has 0 unspecified atom stereocenters. The van der Waals surface area contributed by atoms with Crippen LogP contribution in [0.4, 0.5) is 5.69 Å². The monoisotopic (exact) mass is 335 g/mol. The number of hydrogen-bond acceptors (Lipinski definition) is 5. The van der Waals surface area contributed by atoms with E-state index < -0.39 is 20.9 Å². The molecule has 0 aliphatic heterocycles. The summed E-state index contributed by atoms with van der Waals surface area (Å²) in [5.74, 6) is -0.847. The predicted octanol–water partition coefficient (Wildman–Crippen LogP) is 0.869. The largest absolute Gasteiger partial charge is 0.351 e. The van der Waals surface area contributed by atoms with Crippen LogP contribution >= 0.6 is 11.6 Å². The highest BCUT2D eigenvalue weighted by Gasteiger charge is 2.17. The van der Waals surface area contributed by atoms with Gasteiger partial charge in [-0.2, -0.15) is 0 Å². The Morgan fingerprint density at radius 1 is 1.43 bits per heavy atom. The van der Waals surface area contributed by atoms with Crippen molar-refractivity contribution in [3.05, 3.63) is 38.9 Å². The Hall–Kier alpha value is -1.71. The van der Waals surface area contributed by atoms with Gasteiger partial charge in [-0.3, -0.25) is 14.9 Å². The number of halogens is 1. The predicted molar refractivity (Wildman–Crippen MR) is 77.9 cm³/mol. The van der Waals surface area contributed by atoms with Crippen molar-refractivity contribution in [2.75, 3.05) is 26.4 Å². The molecule has 0 atom stereocenters. The Bertz CT molecular complexity index is 660. The van der Waals surface area contributed by atoms with Crippen LogP contribution < -0.4 is 5.32 Å². The van der Waals surface area contributed by atoms with Gasteiger partial charge in [-0.1, -0.05) is 11.6 Å². The number of amides is 1. The highest BCUT2D eigenvalue weighted by Crippen LogP contribution is 2.22. The molecule has 0 aliphatic rings. The summed E-state index contributed by atoms with van der Waals surface area (Å²) < 4.78 is 24.1. The molecule has 0 fully saturated rings. The van der Waals surface area contributed by atoms with E-state index in [1.54, 1.807) is 0 Å². The lowest BCUT2D eigenvalue weighted by Crippen LogP contribution is -2.34. The maximum absolute atomic E-state index is 11.8. The van der Waals surface area contributed by atoms with Crippen LogP contribution in [-0.2, 0) is 10.0 Å². The van der Waals surface area contributed by atoms with Gasteiger partial charge in [0.1, 0.15) is 0 Å². The van der Waals surface area contributed by atoms with Crippen molar-refractivity contribution in [3.63, 3.8) is 0 Å². The van der Waals surface area contributed by atoms with E-state index >= 15 is 0 Å². The van der Waals surface area contributed by atoms with Gasteiger partial charge >= 0.3 is 0 Å². The Morgan fingerprint density at radius 3 is 2.52 bits per heavy atom. The Morgan fingerprint density at radius 2 is 2.05 bits per heavy atom. The zero-order chi connectivity index (χ0) is 16.2. The fourth-order valence-electron chi connectivity index (χ4n) is 1.37. The van der Waals surface area contributed by atoms with Crippen molar-refractivity contribution >= 4 is 33.2 Å². The quantitative estimate of drug-likeness (QED) is 0.612. The molecule has 21 heavy (non-hydrogen) atoms. The van der Waals surface area contributed by atoms with Gasteiger partial charge in [0, 0.05) is 32.8 Å². The zero-order valence-electron chi connectivity index (χ0n) is 11.4. The van der Waals surface area contributed by atoms with Gasteiger partial charge in [0.25, 0.3) is 11.6 Å². The minimum atomic E-state index is -3.41.